The summed E-state index contributed by atoms with van der Waals surface area (Å²) in [6, 6.07) is 0.344. The second-order valence-corrected chi connectivity index (χ2v) is 5.38. The molecule has 2 N–H and O–H groups in total. The Hall–Kier alpha value is -0.610. The maximum absolute atomic E-state index is 12.1. The Morgan fingerprint density at radius 1 is 1.35 bits per heavy atom. The first-order valence-electron chi connectivity index (χ1n) is 6.93. The van der Waals surface area contributed by atoms with Gasteiger partial charge in [-0.25, -0.2) is 0 Å². The van der Waals surface area contributed by atoms with Crippen molar-refractivity contribution in [3.05, 3.63) is 0 Å². The van der Waals surface area contributed by atoms with Crippen molar-refractivity contribution in [2.24, 2.45) is 0 Å². The van der Waals surface area contributed by atoms with Crippen molar-refractivity contribution in [2.45, 2.75) is 63.6 Å². The Bertz CT molecular complexity index is 258. The first-order valence-corrected chi connectivity index (χ1v) is 6.93. The van der Waals surface area contributed by atoms with Crippen molar-refractivity contribution >= 4 is 5.91 Å². The molecule has 1 atom stereocenters. The van der Waals surface area contributed by atoms with Gasteiger partial charge in [0.25, 0.3) is 0 Å². The summed E-state index contributed by atoms with van der Waals surface area (Å²) in [5.74, 6) is 0.159. The molecule has 1 aliphatic heterocycles. The van der Waals surface area contributed by atoms with Gasteiger partial charge in [0.1, 0.15) is 0 Å². The molecule has 2 fully saturated rings. The number of carbonyl (C=O) groups excluding carboxylic acids is 1. The van der Waals surface area contributed by atoms with E-state index in [4.69, 9.17) is 0 Å². The molecule has 4 heteroatoms. The molecule has 1 unspecified atom stereocenters. The van der Waals surface area contributed by atoms with Gasteiger partial charge in [-0.2, -0.15) is 0 Å². The number of rotatable bonds is 4. The fraction of sp³-hybridized carbons (Fsp3) is 0.923. The topological polar surface area (TPSA) is 52.6 Å². The molecule has 2 aliphatic rings. The Kier molecular flexibility index (Phi) is 4.40. The van der Waals surface area contributed by atoms with Crippen molar-refractivity contribution < 1.29 is 9.90 Å². The van der Waals surface area contributed by atoms with E-state index in [1.807, 2.05) is 6.92 Å². The Morgan fingerprint density at radius 3 is 2.53 bits per heavy atom. The van der Waals surface area contributed by atoms with Crippen LogP contribution in [0.15, 0.2) is 0 Å². The SMILES string of the molecule is CCC(C(=O)NC1CCCCC1)N1CC(O)C1. The lowest BCUT2D eigenvalue weighted by Crippen LogP contribution is -2.60. The van der Waals surface area contributed by atoms with Crippen molar-refractivity contribution in [2.75, 3.05) is 13.1 Å². The maximum atomic E-state index is 12.1. The fourth-order valence-electron chi connectivity index (χ4n) is 2.90. The summed E-state index contributed by atoms with van der Waals surface area (Å²) >= 11 is 0. The zero-order valence-corrected chi connectivity index (χ0v) is 10.7. The summed E-state index contributed by atoms with van der Waals surface area (Å²) in [6.45, 7) is 3.34. The maximum Gasteiger partial charge on any atom is 0.237 e. The number of hydrogen-bond acceptors (Lipinski definition) is 3. The molecule has 0 radical (unpaired) electrons. The van der Waals surface area contributed by atoms with Crippen LogP contribution in [0.1, 0.15) is 45.4 Å². The lowest BCUT2D eigenvalue weighted by atomic mass is 9.95. The molecule has 0 spiro atoms. The third kappa shape index (κ3) is 3.19. The summed E-state index contributed by atoms with van der Waals surface area (Å²) in [4.78, 5) is 14.2. The second kappa shape index (κ2) is 5.83. The van der Waals surface area contributed by atoms with Crippen LogP contribution in [0.3, 0.4) is 0 Å². The molecule has 0 bridgehead atoms. The molecule has 0 aromatic heterocycles. The summed E-state index contributed by atoms with van der Waals surface area (Å²) in [5.41, 5.74) is 0. The second-order valence-electron chi connectivity index (χ2n) is 5.38. The van der Waals surface area contributed by atoms with Gasteiger partial charge in [0, 0.05) is 19.1 Å². The Labute approximate surface area is 103 Å². The lowest BCUT2D eigenvalue weighted by Gasteiger charge is -2.41. The molecule has 0 aromatic carbocycles. The highest BCUT2D eigenvalue weighted by atomic mass is 16.3. The minimum absolute atomic E-state index is 0.0414. The van der Waals surface area contributed by atoms with Crippen LogP contribution in [0, 0.1) is 0 Å². The summed E-state index contributed by atoms with van der Waals surface area (Å²) in [6.07, 6.45) is 6.64. The molecule has 1 aliphatic carbocycles. The highest BCUT2D eigenvalue weighted by Gasteiger charge is 2.34. The lowest BCUT2D eigenvalue weighted by molar-refractivity contribution is -0.132. The number of hydrogen-bond donors (Lipinski definition) is 2. The normalized spacial score (nSPS) is 25.3. The zero-order valence-electron chi connectivity index (χ0n) is 10.7. The molecular formula is C13H24N2O2. The van der Waals surface area contributed by atoms with Gasteiger partial charge >= 0.3 is 0 Å². The van der Waals surface area contributed by atoms with E-state index in [0.717, 1.165) is 19.3 Å². The number of β-amino-alcohol motifs (C(OH)–C–C–N with tert-alkyl or cyclic N) is 1. The number of amides is 1. The van der Waals surface area contributed by atoms with E-state index in [1.54, 1.807) is 0 Å². The first kappa shape index (κ1) is 12.8. The van der Waals surface area contributed by atoms with Crippen LogP contribution in [0.4, 0.5) is 0 Å². The standard InChI is InChI=1S/C13H24N2O2/c1-2-12(15-8-11(16)9-15)13(17)14-10-6-4-3-5-7-10/h10-12,16H,2-9H2,1H3,(H,14,17). The van der Waals surface area contributed by atoms with E-state index in [9.17, 15) is 9.90 Å². The van der Waals surface area contributed by atoms with Gasteiger partial charge in [-0.15, -0.1) is 0 Å². The number of aliphatic hydroxyl groups is 1. The predicted octanol–water partition coefficient (Wildman–Crippen LogP) is 0.890. The van der Waals surface area contributed by atoms with E-state index >= 15 is 0 Å². The molecule has 17 heavy (non-hydrogen) atoms. The number of nitrogens with one attached hydrogen (secondary N) is 1. The van der Waals surface area contributed by atoms with Crippen LogP contribution in [0.2, 0.25) is 0 Å². The highest BCUT2D eigenvalue weighted by molar-refractivity contribution is 5.82. The third-order valence-corrected chi connectivity index (χ3v) is 3.97. The van der Waals surface area contributed by atoms with Crippen LogP contribution in [0.5, 0.6) is 0 Å². The summed E-state index contributed by atoms with van der Waals surface area (Å²) < 4.78 is 0. The minimum atomic E-state index is -0.230. The average molecular weight is 240 g/mol. The Morgan fingerprint density at radius 2 is 2.00 bits per heavy atom. The van der Waals surface area contributed by atoms with Gasteiger partial charge < -0.3 is 10.4 Å². The number of aliphatic hydroxyl groups excluding tert-OH is 1. The Balaban J connectivity index is 1.80. The van der Waals surface area contributed by atoms with E-state index in [0.29, 0.717) is 19.1 Å². The van der Waals surface area contributed by atoms with E-state index in [2.05, 4.69) is 10.2 Å². The van der Waals surface area contributed by atoms with Crippen LogP contribution >= 0.6 is 0 Å². The molecule has 2 rings (SSSR count). The van der Waals surface area contributed by atoms with Crippen LogP contribution < -0.4 is 5.32 Å². The van der Waals surface area contributed by atoms with Gasteiger partial charge in [0.05, 0.1) is 12.1 Å². The monoisotopic (exact) mass is 240 g/mol. The predicted molar refractivity (Wildman–Crippen MR) is 66.7 cm³/mol. The van der Waals surface area contributed by atoms with Crippen molar-refractivity contribution in [1.29, 1.82) is 0 Å². The largest absolute Gasteiger partial charge is 0.390 e. The van der Waals surface area contributed by atoms with Gasteiger partial charge in [0.2, 0.25) is 5.91 Å². The number of carbonyl (C=O) groups is 1. The van der Waals surface area contributed by atoms with Crippen molar-refractivity contribution in [3.63, 3.8) is 0 Å². The number of likely N-dealkylation sites (tertiary alicyclic amines) is 1. The number of nitrogens with zero attached hydrogens (tertiary/aromatic N) is 1. The van der Waals surface area contributed by atoms with Crippen LogP contribution in [0.25, 0.3) is 0 Å². The van der Waals surface area contributed by atoms with E-state index < -0.39 is 0 Å². The molecule has 4 nitrogen and oxygen atoms in total. The third-order valence-electron chi connectivity index (χ3n) is 3.97. The van der Waals surface area contributed by atoms with Gasteiger partial charge in [-0.1, -0.05) is 26.2 Å². The van der Waals surface area contributed by atoms with Crippen LogP contribution in [-0.4, -0.2) is 47.2 Å². The molecular weight excluding hydrogens is 216 g/mol. The van der Waals surface area contributed by atoms with E-state index in [1.165, 1.54) is 19.3 Å². The summed E-state index contributed by atoms with van der Waals surface area (Å²) in [5, 5.41) is 12.5. The molecule has 1 amide bonds. The minimum Gasteiger partial charge on any atom is -0.390 e. The molecule has 0 aromatic rings. The highest BCUT2D eigenvalue weighted by Crippen LogP contribution is 2.19. The average Bonchev–Trinajstić information content (AvgIpc) is 2.29. The molecule has 98 valence electrons. The van der Waals surface area contributed by atoms with Crippen molar-refractivity contribution in [1.82, 2.24) is 10.2 Å². The van der Waals surface area contributed by atoms with Gasteiger partial charge in [0.15, 0.2) is 0 Å². The summed E-state index contributed by atoms with van der Waals surface area (Å²) in [7, 11) is 0. The van der Waals surface area contributed by atoms with Gasteiger partial charge in [-0.05, 0) is 19.3 Å². The fourth-order valence-corrected chi connectivity index (χ4v) is 2.90. The van der Waals surface area contributed by atoms with Gasteiger partial charge in [-0.3, -0.25) is 9.69 Å². The smallest absolute Gasteiger partial charge is 0.237 e. The van der Waals surface area contributed by atoms with Crippen molar-refractivity contribution in [3.8, 4) is 0 Å². The quantitative estimate of drug-likeness (QED) is 0.767. The molecule has 1 saturated heterocycles. The molecule has 1 saturated carbocycles. The van der Waals surface area contributed by atoms with Crippen LogP contribution in [-0.2, 0) is 4.79 Å². The zero-order chi connectivity index (χ0) is 12.3. The first-order chi connectivity index (χ1) is 8.20. The van der Waals surface area contributed by atoms with E-state index in [-0.39, 0.29) is 18.1 Å². The molecule has 1 heterocycles.